The topological polar surface area (TPSA) is 79.8 Å². The van der Waals surface area contributed by atoms with Crippen LogP contribution in [0, 0.1) is 0 Å². The van der Waals surface area contributed by atoms with Gasteiger partial charge in [-0.25, -0.2) is 4.79 Å². The number of benzene rings is 1. The normalized spacial score (nSPS) is 22.9. The van der Waals surface area contributed by atoms with Gasteiger partial charge in [-0.2, -0.15) is 0 Å². The van der Waals surface area contributed by atoms with Crippen LogP contribution in [0.25, 0.3) is 0 Å². The molecule has 0 saturated heterocycles. The van der Waals surface area contributed by atoms with Crippen LogP contribution < -0.4 is 20.1 Å². The van der Waals surface area contributed by atoms with E-state index in [2.05, 4.69) is 10.6 Å². The van der Waals surface area contributed by atoms with Crippen molar-refractivity contribution in [3.63, 3.8) is 0 Å². The standard InChI is InChI=1S/C21H30N2O4/c24-19(22-15-20(25)10-4-1-2-5-11-20)23-16-8-9-17-18(14-16)27-21(26-17)12-6-3-7-13-21/h8-9,14,25H,1-7,10-13,15H2,(H2,22,23,24). The van der Waals surface area contributed by atoms with Crippen molar-refractivity contribution < 1.29 is 19.4 Å². The first-order valence-corrected chi connectivity index (χ1v) is 10.4. The summed E-state index contributed by atoms with van der Waals surface area (Å²) in [5, 5.41) is 16.3. The van der Waals surface area contributed by atoms with E-state index in [1.165, 1.54) is 6.42 Å². The Labute approximate surface area is 160 Å². The van der Waals surface area contributed by atoms with Crippen LogP contribution in [0.5, 0.6) is 11.5 Å². The van der Waals surface area contributed by atoms with Gasteiger partial charge in [0.05, 0.1) is 5.60 Å². The number of hydrogen-bond acceptors (Lipinski definition) is 4. The molecule has 1 heterocycles. The van der Waals surface area contributed by atoms with E-state index >= 15 is 0 Å². The molecule has 0 aromatic heterocycles. The number of carbonyl (C=O) groups excluding carboxylic acids is 1. The molecule has 6 nitrogen and oxygen atoms in total. The number of hydrogen-bond donors (Lipinski definition) is 3. The molecule has 1 aromatic carbocycles. The van der Waals surface area contributed by atoms with E-state index in [1.54, 1.807) is 0 Å². The molecule has 0 radical (unpaired) electrons. The van der Waals surface area contributed by atoms with Crippen molar-refractivity contribution >= 4 is 11.7 Å². The van der Waals surface area contributed by atoms with Gasteiger partial charge in [0.15, 0.2) is 11.5 Å². The molecule has 0 unspecified atom stereocenters. The van der Waals surface area contributed by atoms with Crippen LogP contribution >= 0.6 is 0 Å². The summed E-state index contributed by atoms with van der Waals surface area (Å²) >= 11 is 0. The van der Waals surface area contributed by atoms with Gasteiger partial charge in [0.2, 0.25) is 0 Å². The van der Waals surface area contributed by atoms with Gasteiger partial charge in [-0.15, -0.1) is 0 Å². The Morgan fingerprint density at radius 1 is 0.926 bits per heavy atom. The summed E-state index contributed by atoms with van der Waals surface area (Å²) in [5.74, 6) is 0.928. The molecular weight excluding hydrogens is 344 g/mol. The van der Waals surface area contributed by atoms with Crippen molar-refractivity contribution in [3.8, 4) is 11.5 Å². The van der Waals surface area contributed by atoms with E-state index < -0.39 is 11.4 Å². The van der Waals surface area contributed by atoms with E-state index in [0.717, 1.165) is 70.0 Å². The fourth-order valence-electron chi connectivity index (χ4n) is 4.45. The average Bonchev–Trinajstić information content (AvgIpc) is 2.84. The summed E-state index contributed by atoms with van der Waals surface area (Å²) < 4.78 is 12.2. The highest BCUT2D eigenvalue weighted by molar-refractivity contribution is 5.89. The summed E-state index contributed by atoms with van der Waals surface area (Å²) in [6, 6.07) is 5.19. The van der Waals surface area contributed by atoms with Gasteiger partial charge in [0, 0.05) is 31.1 Å². The van der Waals surface area contributed by atoms with E-state index in [4.69, 9.17) is 9.47 Å². The van der Waals surface area contributed by atoms with Crippen molar-refractivity contribution in [2.45, 2.75) is 82.0 Å². The zero-order valence-corrected chi connectivity index (χ0v) is 15.9. The van der Waals surface area contributed by atoms with Gasteiger partial charge in [-0.3, -0.25) is 0 Å². The number of fused-ring (bicyclic) bond motifs is 1. The molecule has 2 fully saturated rings. The largest absolute Gasteiger partial charge is 0.448 e. The zero-order valence-electron chi connectivity index (χ0n) is 15.9. The Morgan fingerprint density at radius 2 is 1.56 bits per heavy atom. The smallest absolute Gasteiger partial charge is 0.319 e. The Bertz CT molecular complexity index is 677. The Kier molecular flexibility index (Phi) is 5.17. The molecule has 0 atom stereocenters. The van der Waals surface area contributed by atoms with Crippen LogP contribution in [-0.2, 0) is 0 Å². The minimum absolute atomic E-state index is 0.284. The molecule has 1 aromatic rings. The van der Waals surface area contributed by atoms with Gasteiger partial charge in [0.1, 0.15) is 0 Å². The van der Waals surface area contributed by atoms with Crippen LogP contribution in [0.4, 0.5) is 10.5 Å². The van der Waals surface area contributed by atoms with Gasteiger partial charge in [-0.05, 0) is 37.8 Å². The number of amides is 2. The molecule has 2 amide bonds. The fourth-order valence-corrected chi connectivity index (χ4v) is 4.45. The summed E-state index contributed by atoms with van der Waals surface area (Å²) in [6.45, 7) is 0.284. The van der Waals surface area contributed by atoms with Crippen LogP contribution in [0.1, 0.15) is 70.6 Å². The second-order valence-corrected chi connectivity index (χ2v) is 8.28. The first-order valence-electron chi connectivity index (χ1n) is 10.4. The highest BCUT2D eigenvalue weighted by Gasteiger charge is 2.42. The first kappa shape index (κ1) is 18.4. The van der Waals surface area contributed by atoms with E-state index in [0.29, 0.717) is 11.4 Å². The number of ether oxygens (including phenoxy) is 2. The summed E-state index contributed by atoms with van der Waals surface area (Å²) in [7, 11) is 0. The average molecular weight is 374 g/mol. The van der Waals surface area contributed by atoms with Gasteiger partial charge < -0.3 is 25.2 Å². The fraction of sp³-hybridized carbons (Fsp3) is 0.667. The lowest BCUT2D eigenvalue weighted by Gasteiger charge is -2.31. The number of anilines is 1. The monoisotopic (exact) mass is 374 g/mol. The van der Waals surface area contributed by atoms with Gasteiger partial charge in [0.25, 0.3) is 5.79 Å². The first-order chi connectivity index (χ1) is 13.1. The van der Waals surface area contributed by atoms with Crippen LogP contribution in [0.3, 0.4) is 0 Å². The molecule has 2 aliphatic carbocycles. The van der Waals surface area contributed by atoms with Crippen LogP contribution in [0.2, 0.25) is 0 Å². The zero-order chi connectivity index (χ0) is 18.7. The SMILES string of the molecule is O=C(NCC1(O)CCCCCC1)Nc1ccc2c(c1)OC1(CCCCC1)O2. The quantitative estimate of drug-likeness (QED) is 0.688. The summed E-state index contributed by atoms with van der Waals surface area (Å²) in [5.41, 5.74) is -0.119. The minimum atomic E-state index is -0.782. The maximum Gasteiger partial charge on any atom is 0.319 e. The maximum atomic E-state index is 12.3. The molecule has 1 aliphatic heterocycles. The molecule has 27 heavy (non-hydrogen) atoms. The maximum absolute atomic E-state index is 12.3. The number of aliphatic hydroxyl groups is 1. The Balaban J connectivity index is 1.32. The van der Waals surface area contributed by atoms with Crippen molar-refractivity contribution in [3.05, 3.63) is 18.2 Å². The second kappa shape index (κ2) is 7.58. The molecule has 0 bridgehead atoms. The Morgan fingerprint density at radius 3 is 2.30 bits per heavy atom. The molecule has 3 aliphatic rings. The van der Waals surface area contributed by atoms with Crippen LogP contribution in [0.15, 0.2) is 18.2 Å². The summed E-state index contributed by atoms with van der Waals surface area (Å²) in [4.78, 5) is 12.3. The predicted molar refractivity (Wildman–Crippen MR) is 103 cm³/mol. The minimum Gasteiger partial charge on any atom is -0.448 e. The molecular formula is C21H30N2O4. The van der Waals surface area contributed by atoms with Gasteiger partial charge in [-0.1, -0.05) is 32.1 Å². The van der Waals surface area contributed by atoms with Crippen LogP contribution in [-0.4, -0.2) is 29.1 Å². The highest BCUT2D eigenvalue weighted by atomic mass is 16.7. The van der Waals surface area contributed by atoms with E-state index in [1.807, 2.05) is 18.2 Å². The molecule has 2 saturated carbocycles. The lowest BCUT2D eigenvalue weighted by molar-refractivity contribution is -0.105. The van der Waals surface area contributed by atoms with Crippen molar-refractivity contribution in [1.29, 1.82) is 0 Å². The highest BCUT2D eigenvalue weighted by Crippen LogP contribution is 2.46. The Hall–Kier alpha value is -1.95. The van der Waals surface area contributed by atoms with Crippen molar-refractivity contribution in [2.75, 3.05) is 11.9 Å². The number of nitrogens with one attached hydrogen (secondary N) is 2. The predicted octanol–water partition coefficient (Wildman–Crippen LogP) is 4.33. The third-order valence-corrected chi connectivity index (χ3v) is 6.02. The molecule has 148 valence electrons. The molecule has 3 N–H and O–H groups in total. The van der Waals surface area contributed by atoms with Crippen molar-refractivity contribution in [1.82, 2.24) is 5.32 Å². The third-order valence-electron chi connectivity index (χ3n) is 6.02. The van der Waals surface area contributed by atoms with E-state index in [9.17, 15) is 9.90 Å². The lowest BCUT2D eigenvalue weighted by atomic mass is 9.94. The van der Waals surface area contributed by atoms with Crippen molar-refractivity contribution in [2.24, 2.45) is 0 Å². The lowest BCUT2D eigenvalue weighted by Crippen LogP contribution is -2.44. The number of carbonyl (C=O) groups is 1. The number of rotatable bonds is 3. The second-order valence-electron chi connectivity index (χ2n) is 8.28. The molecule has 6 heteroatoms. The number of urea groups is 1. The molecule has 1 spiro atoms. The molecule has 4 rings (SSSR count). The summed E-state index contributed by atoms with van der Waals surface area (Å²) in [6.07, 6.45) is 11.1. The third kappa shape index (κ3) is 4.32. The van der Waals surface area contributed by atoms with Gasteiger partial charge >= 0.3 is 6.03 Å². The van der Waals surface area contributed by atoms with E-state index in [-0.39, 0.29) is 12.6 Å².